The minimum atomic E-state index is -4.07. The molecule has 26 heavy (non-hydrogen) atoms. The van der Waals surface area contributed by atoms with Crippen LogP contribution in [0.25, 0.3) is 0 Å². The first-order valence-electron chi connectivity index (χ1n) is 7.46. The quantitative estimate of drug-likeness (QED) is 0.348. The number of nitrogen functional groups attached to an aromatic ring is 1. The Morgan fingerprint density at radius 2 is 1.88 bits per heavy atom. The van der Waals surface area contributed by atoms with Crippen LogP contribution in [0.5, 0.6) is 0 Å². The Balaban J connectivity index is 2.64. The molecule has 0 saturated heterocycles. The van der Waals surface area contributed by atoms with E-state index in [1.165, 1.54) is 42.2 Å². The molecule has 7 nitrogen and oxygen atoms in total. The van der Waals surface area contributed by atoms with Gasteiger partial charge in [-0.3, -0.25) is 0 Å². The highest BCUT2D eigenvalue weighted by atomic mass is 32.2. The van der Waals surface area contributed by atoms with E-state index in [2.05, 4.69) is 9.13 Å². The largest absolute Gasteiger partial charge is 0.465 e. The first-order chi connectivity index (χ1) is 12.2. The molecule has 2 aromatic rings. The molecule has 0 heterocycles. The van der Waals surface area contributed by atoms with Gasteiger partial charge in [0, 0.05) is 24.7 Å². The number of rotatable bonds is 6. The first-order valence-corrected chi connectivity index (χ1v) is 9.72. The third-order valence-electron chi connectivity index (χ3n) is 3.16. The third-order valence-corrected chi connectivity index (χ3v) is 5.71. The number of ether oxygens (including phenoxy) is 1. The van der Waals surface area contributed by atoms with E-state index in [-0.39, 0.29) is 16.1 Å². The SMILES string of the molecule is COC(=O)c1cc(N)c(Sc2ccccc2)c(S(=O)(=O)/N=C/N(C)C)c1. The summed E-state index contributed by atoms with van der Waals surface area (Å²) in [6.45, 7) is 0. The predicted molar refractivity (Wildman–Crippen MR) is 102 cm³/mol. The summed E-state index contributed by atoms with van der Waals surface area (Å²) in [6.07, 6.45) is 1.17. The molecule has 0 aliphatic carbocycles. The minimum absolute atomic E-state index is 0.0426. The van der Waals surface area contributed by atoms with Crippen molar-refractivity contribution in [3.05, 3.63) is 48.0 Å². The first kappa shape index (κ1) is 19.8. The Morgan fingerprint density at radius 3 is 2.46 bits per heavy atom. The fourth-order valence-electron chi connectivity index (χ4n) is 1.98. The van der Waals surface area contributed by atoms with Gasteiger partial charge < -0.3 is 15.4 Å². The van der Waals surface area contributed by atoms with Crippen LogP contribution in [0, 0.1) is 0 Å². The highest BCUT2D eigenvalue weighted by Gasteiger charge is 2.24. The molecule has 2 aromatic carbocycles. The molecule has 0 aromatic heterocycles. The number of anilines is 1. The van der Waals surface area contributed by atoms with Gasteiger partial charge in [0.05, 0.1) is 17.6 Å². The molecule has 0 atom stereocenters. The Hall–Kier alpha value is -2.52. The summed E-state index contributed by atoms with van der Waals surface area (Å²) in [4.78, 5) is 14.3. The summed E-state index contributed by atoms with van der Waals surface area (Å²) in [5.41, 5.74) is 6.26. The van der Waals surface area contributed by atoms with Gasteiger partial charge in [-0.15, -0.1) is 4.40 Å². The van der Waals surface area contributed by atoms with Crippen LogP contribution in [0.15, 0.2) is 61.5 Å². The highest BCUT2D eigenvalue weighted by Crippen LogP contribution is 2.38. The van der Waals surface area contributed by atoms with Gasteiger partial charge in [-0.2, -0.15) is 8.42 Å². The van der Waals surface area contributed by atoms with E-state index in [1.807, 2.05) is 30.3 Å². The summed E-state index contributed by atoms with van der Waals surface area (Å²) in [6, 6.07) is 11.8. The Bertz CT molecular complexity index is 927. The van der Waals surface area contributed by atoms with E-state index in [0.717, 1.165) is 4.90 Å². The van der Waals surface area contributed by atoms with E-state index < -0.39 is 16.0 Å². The zero-order chi connectivity index (χ0) is 19.3. The van der Waals surface area contributed by atoms with Crippen molar-refractivity contribution in [3.8, 4) is 0 Å². The second-order valence-electron chi connectivity index (χ2n) is 5.46. The van der Waals surface area contributed by atoms with Gasteiger partial charge in [-0.25, -0.2) is 4.79 Å². The lowest BCUT2D eigenvalue weighted by Crippen LogP contribution is -2.12. The van der Waals surface area contributed by atoms with Crippen molar-refractivity contribution in [2.75, 3.05) is 26.9 Å². The van der Waals surface area contributed by atoms with Crippen molar-refractivity contribution in [2.24, 2.45) is 4.40 Å². The highest BCUT2D eigenvalue weighted by molar-refractivity contribution is 8.00. The number of nitrogens with two attached hydrogens (primary N) is 1. The lowest BCUT2D eigenvalue weighted by molar-refractivity contribution is 0.0600. The maximum atomic E-state index is 12.7. The molecule has 0 amide bonds. The summed E-state index contributed by atoms with van der Waals surface area (Å²) >= 11 is 1.19. The summed E-state index contributed by atoms with van der Waals surface area (Å²) in [7, 11) is 0.440. The molecule has 2 rings (SSSR count). The van der Waals surface area contributed by atoms with Crippen molar-refractivity contribution in [3.63, 3.8) is 0 Å². The number of carbonyl (C=O) groups excluding carboxylic acids is 1. The van der Waals surface area contributed by atoms with Gasteiger partial charge in [0.15, 0.2) is 0 Å². The van der Waals surface area contributed by atoms with Crippen molar-refractivity contribution >= 4 is 39.8 Å². The molecule has 0 bridgehead atoms. The number of methoxy groups -OCH3 is 1. The molecule has 2 N–H and O–H groups in total. The van der Waals surface area contributed by atoms with Crippen LogP contribution in [0.4, 0.5) is 5.69 Å². The molecule has 9 heteroatoms. The van der Waals surface area contributed by atoms with Gasteiger partial charge in [-0.1, -0.05) is 30.0 Å². The van der Waals surface area contributed by atoms with E-state index in [0.29, 0.717) is 4.90 Å². The molecule has 0 radical (unpaired) electrons. The molecule has 138 valence electrons. The molecule has 0 aliphatic heterocycles. The van der Waals surface area contributed by atoms with Crippen molar-refractivity contribution < 1.29 is 17.9 Å². The molecular weight excluding hydrogens is 374 g/mol. The number of esters is 1. The Labute approximate surface area is 156 Å². The van der Waals surface area contributed by atoms with Crippen molar-refractivity contribution in [1.29, 1.82) is 0 Å². The van der Waals surface area contributed by atoms with E-state index in [9.17, 15) is 13.2 Å². The fourth-order valence-corrected chi connectivity index (χ4v) is 4.34. The summed E-state index contributed by atoms with van der Waals surface area (Å²) in [5.74, 6) is -0.680. The zero-order valence-corrected chi connectivity index (χ0v) is 16.2. The number of nitrogens with zero attached hydrogens (tertiary/aromatic N) is 2. The molecule has 0 saturated carbocycles. The lowest BCUT2D eigenvalue weighted by Gasteiger charge is -2.13. The van der Waals surface area contributed by atoms with Crippen LogP contribution in [0.1, 0.15) is 10.4 Å². The van der Waals surface area contributed by atoms with E-state index >= 15 is 0 Å². The standard InChI is InChI=1S/C17H19N3O4S2/c1-20(2)11-19-26(22,23)15-10-12(17(21)24-3)9-14(18)16(15)25-13-7-5-4-6-8-13/h4-11H,18H2,1-3H3/b19-11+. The second-order valence-corrected chi connectivity index (χ2v) is 8.14. The monoisotopic (exact) mass is 393 g/mol. The zero-order valence-electron chi connectivity index (χ0n) is 14.5. The number of sulfonamides is 1. The molecule has 0 aliphatic rings. The normalized spacial score (nSPS) is 11.5. The van der Waals surface area contributed by atoms with Gasteiger partial charge in [0.1, 0.15) is 11.2 Å². The van der Waals surface area contributed by atoms with Crippen LogP contribution in [0.3, 0.4) is 0 Å². The maximum Gasteiger partial charge on any atom is 0.337 e. The van der Waals surface area contributed by atoms with Gasteiger partial charge in [0.2, 0.25) is 0 Å². The van der Waals surface area contributed by atoms with Crippen LogP contribution >= 0.6 is 11.8 Å². The topological polar surface area (TPSA) is 102 Å². The van der Waals surface area contributed by atoms with Crippen LogP contribution < -0.4 is 5.73 Å². The Kier molecular flexibility index (Phi) is 6.27. The fraction of sp³-hybridized carbons (Fsp3) is 0.176. The molecular formula is C17H19N3O4S2. The third kappa shape index (κ3) is 4.77. The molecule has 0 fully saturated rings. The average molecular weight is 393 g/mol. The minimum Gasteiger partial charge on any atom is -0.465 e. The predicted octanol–water partition coefficient (Wildman–Crippen LogP) is 2.49. The summed E-state index contributed by atoms with van der Waals surface area (Å²) < 4.78 is 33.8. The van der Waals surface area contributed by atoms with Crippen LogP contribution in [-0.2, 0) is 14.8 Å². The van der Waals surface area contributed by atoms with Crippen molar-refractivity contribution in [2.45, 2.75) is 14.7 Å². The number of benzene rings is 2. The van der Waals surface area contributed by atoms with Gasteiger partial charge >= 0.3 is 5.97 Å². The Morgan fingerprint density at radius 1 is 1.23 bits per heavy atom. The van der Waals surface area contributed by atoms with E-state index in [4.69, 9.17) is 5.73 Å². The second kappa shape index (κ2) is 8.24. The molecule has 0 spiro atoms. The number of carbonyl (C=O) groups is 1. The van der Waals surface area contributed by atoms with Crippen LogP contribution in [-0.4, -0.2) is 46.8 Å². The van der Waals surface area contributed by atoms with E-state index in [1.54, 1.807) is 14.1 Å². The van der Waals surface area contributed by atoms with Gasteiger partial charge in [0.25, 0.3) is 10.0 Å². The number of hydrogen-bond acceptors (Lipinski definition) is 6. The van der Waals surface area contributed by atoms with Gasteiger partial charge in [-0.05, 0) is 24.3 Å². The smallest absolute Gasteiger partial charge is 0.337 e. The average Bonchev–Trinajstić information content (AvgIpc) is 2.61. The van der Waals surface area contributed by atoms with Crippen molar-refractivity contribution in [1.82, 2.24) is 4.90 Å². The number of hydrogen-bond donors (Lipinski definition) is 1. The summed E-state index contributed by atoms with van der Waals surface area (Å²) in [5, 5.41) is 0. The maximum absolute atomic E-state index is 12.7. The lowest BCUT2D eigenvalue weighted by atomic mass is 10.2. The van der Waals surface area contributed by atoms with Crippen LogP contribution in [0.2, 0.25) is 0 Å². The molecule has 0 unspecified atom stereocenters.